The largest absolute Gasteiger partial charge is 0.464 e. The van der Waals surface area contributed by atoms with Crippen LogP contribution in [-0.4, -0.2) is 42.0 Å². The molecule has 1 N–H and O–H groups in total. The fraction of sp³-hybridized carbons (Fsp3) is 0.615. The molecule has 1 aromatic rings. The van der Waals surface area contributed by atoms with Gasteiger partial charge in [-0.1, -0.05) is 19.8 Å². The number of amides is 1. The Morgan fingerprint density at radius 2 is 2.15 bits per heavy atom. The molecule has 0 aromatic carbocycles. The van der Waals surface area contributed by atoms with E-state index in [2.05, 4.69) is 22.1 Å². The first-order chi connectivity index (χ1) is 9.58. The zero-order valence-electron chi connectivity index (χ0n) is 12.1. The van der Waals surface area contributed by atoms with Gasteiger partial charge in [-0.15, -0.1) is 0 Å². The molecule has 0 spiro atoms. The molecule has 112 valence electrons. The number of rotatable bonds is 8. The first-order valence-corrected chi connectivity index (χ1v) is 6.58. The highest BCUT2D eigenvalue weighted by Gasteiger charge is 2.14. The van der Waals surface area contributed by atoms with Crippen LogP contribution in [-0.2, 0) is 21.3 Å². The van der Waals surface area contributed by atoms with Crippen molar-refractivity contribution in [3.63, 3.8) is 0 Å². The third-order valence-corrected chi connectivity index (χ3v) is 2.67. The van der Waals surface area contributed by atoms with Crippen molar-refractivity contribution >= 4 is 17.7 Å². The van der Waals surface area contributed by atoms with Gasteiger partial charge in [-0.25, -0.2) is 4.79 Å². The highest BCUT2D eigenvalue weighted by atomic mass is 16.5. The summed E-state index contributed by atoms with van der Waals surface area (Å²) < 4.78 is 11.2. The van der Waals surface area contributed by atoms with Gasteiger partial charge >= 0.3 is 5.97 Å². The van der Waals surface area contributed by atoms with E-state index in [1.54, 1.807) is 7.05 Å². The molecular weight excluding hydrogens is 262 g/mol. The number of hydrogen-bond acceptors (Lipinski definition) is 5. The van der Waals surface area contributed by atoms with Crippen LogP contribution in [0, 0.1) is 0 Å². The van der Waals surface area contributed by atoms with Gasteiger partial charge < -0.3 is 14.8 Å². The average Bonchev–Trinajstić information content (AvgIpc) is 2.78. The van der Waals surface area contributed by atoms with Gasteiger partial charge in [-0.2, -0.15) is 5.10 Å². The van der Waals surface area contributed by atoms with E-state index in [4.69, 9.17) is 4.74 Å². The SMILES string of the molecule is CCCCCOCC(=O)Nc1cc(C(=O)OC)n(C)n1. The van der Waals surface area contributed by atoms with E-state index < -0.39 is 5.97 Å². The van der Waals surface area contributed by atoms with E-state index in [1.807, 2.05) is 0 Å². The van der Waals surface area contributed by atoms with Crippen LogP contribution in [0.2, 0.25) is 0 Å². The summed E-state index contributed by atoms with van der Waals surface area (Å²) in [5, 5.41) is 6.58. The molecule has 1 amide bonds. The Morgan fingerprint density at radius 1 is 1.40 bits per heavy atom. The van der Waals surface area contributed by atoms with Crippen LogP contribution in [0.15, 0.2) is 6.07 Å². The summed E-state index contributed by atoms with van der Waals surface area (Å²) in [5.41, 5.74) is 0.270. The molecule has 0 fully saturated rings. The number of carbonyl (C=O) groups is 2. The maximum atomic E-state index is 11.6. The van der Waals surface area contributed by atoms with Crippen LogP contribution >= 0.6 is 0 Å². The molecule has 0 aliphatic rings. The van der Waals surface area contributed by atoms with Crippen molar-refractivity contribution in [2.75, 3.05) is 25.6 Å². The van der Waals surface area contributed by atoms with Crippen molar-refractivity contribution in [1.82, 2.24) is 9.78 Å². The van der Waals surface area contributed by atoms with E-state index in [9.17, 15) is 9.59 Å². The summed E-state index contributed by atoms with van der Waals surface area (Å²) in [7, 11) is 2.89. The summed E-state index contributed by atoms with van der Waals surface area (Å²) >= 11 is 0. The third-order valence-electron chi connectivity index (χ3n) is 2.67. The maximum absolute atomic E-state index is 11.6. The number of esters is 1. The molecular formula is C13H21N3O4. The van der Waals surface area contributed by atoms with Gasteiger partial charge in [0.15, 0.2) is 5.82 Å². The number of unbranched alkanes of at least 4 members (excludes halogenated alkanes) is 2. The van der Waals surface area contributed by atoms with Crippen molar-refractivity contribution in [2.24, 2.45) is 7.05 Å². The minimum absolute atomic E-state index is 0.0200. The molecule has 0 saturated heterocycles. The van der Waals surface area contributed by atoms with Gasteiger partial charge in [-0.05, 0) is 6.42 Å². The maximum Gasteiger partial charge on any atom is 0.356 e. The normalized spacial score (nSPS) is 10.3. The van der Waals surface area contributed by atoms with E-state index in [-0.39, 0.29) is 18.2 Å². The van der Waals surface area contributed by atoms with Crippen LogP contribution in [0.1, 0.15) is 36.7 Å². The number of aryl methyl sites for hydroxylation is 1. The molecule has 20 heavy (non-hydrogen) atoms. The molecule has 0 aliphatic heterocycles. The Balaban J connectivity index is 2.40. The minimum atomic E-state index is -0.503. The lowest BCUT2D eigenvalue weighted by Gasteiger charge is -2.03. The average molecular weight is 283 g/mol. The van der Waals surface area contributed by atoms with Crippen LogP contribution in [0.4, 0.5) is 5.82 Å². The van der Waals surface area contributed by atoms with Crippen molar-refractivity contribution in [3.8, 4) is 0 Å². The number of aromatic nitrogens is 2. The fourth-order valence-corrected chi connectivity index (χ4v) is 1.62. The minimum Gasteiger partial charge on any atom is -0.464 e. The smallest absolute Gasteiger partial charge is 0.356 e. The second-order valence-electron chi connectivity index (χ2n) is 4.34. The van der Waals surface area contributed by atoms with E-state index in [0.29, 0.717) is 12.4 Å². The molecule has 1 aromatic heterocycles. The predicted octanol–water partition coefficient (Wildman–Crippen LogP) is 1.35. The Kier molecular flexibility index (Phi) is 6.72. The first kappa shape index (κ1) is 16.2. The zero-order chi connectivity index (χ0) is 15.0. The molecule has 0 atom stereocenters. The molecule has 7 heteroatoms. The number of ether oxygens (including phenoxy) is 2. The number of hydrogen-bond donors (Lipinski definition) is 1. The summed E-state index contributed by atoms with van der Waals surface area (Å²) in [5.74, 6) is -0.498. The number of nitrogens with one attached hydrogen (secondary N) is 1. The molecule has 1 rings (SSSR count). The molecule has 0 bridgehead atoms. The Labute approximate surface area is 118 Å². The third kappa shape index (κ3) is 5.00. The molecule has 0 saturated carbocycles. The fourth-order valence-electron chi connectivity index (χ4n) is 1.62. The number of anilines is 1. The van der Waals surface area contributed by atoms with Crippen LogP contribution in [0.25, 0.3) is 0 Å². The second-order valence-corrected chi connectivity index (χ2v) is 4.34. The van der Waals surface area contributed by atoms with Gasteiger partial charge in [0.1, 0.15) is 12.3 Å². The lowest BCUT2D eigenvalue weighted by molar-refractivity contribution is -0.120. The quantitative estimate of drug-likeness (QED) is 0.575. The van der Waals surface area contributed by atoms with Crippen LogP contribution in [0.3, 0.4) is 0 Å². The van der Waals surface area contributed by atoms with Gasteiger partial charge in [-0.3, -0.25) is 9.48 Å². The Morgan fingerprint density at radius 3 is 2.80 bits per heavy atom. The molecule has 7 nitrogen and oxygen atoms in total. The lowest BCUT2D eigenvalue weighted by Crippen LogP contribution is -2.19. The summed E-state index contributed by atoms with van der Waals surface area (Å²) in [6.45, 7) is 2.65. The summed E-state index contributed by atoms with van der Waals surface area (Å²) in [4.78, 5) is 23.0. The number of methoxy groups -OCH3 is 1. The summed E-state index contributed by atoms with van der Waals surface area (Å²) in [6, 6.07) is 1.46. The van der Waals surface area contributed by atoms with Crippen LogP contribution in [0.5, 0.6) is 0 Å². The highest BCUT2D eigenvalue weighted by Crippen LogP contribution is 2.09. The van der Waals surface area contributed by atoms with Crippen molar-refractivity contribution in [2.45, 2.75) is 26.2 Å². The van der Waals surface area contributed by atoms with Crippen molar-refractivity contribution in [3.05, 3.63) is 11.8 Å². The number of nitrogens with zero attached hydrogens (tertiary/aromatic N) is 2. The topological polar surface area (TPSA) is 82.5 Å². The van der Waals surface area contributed by atoms with Gasteiger partial charge in [0.25, 0.3) is 5.91 Å². The van der Waals surface area contributed by atoms with Gasteiger partial charge in [0.05, 0.1) is 7.11 Å². The second kappa shape index (κ2) is 8.31. The lowest BCUT2D eigenvalue weighted by atomic mass is 10.3. The van der Waals surface area contributed by atoms with Crippen molar-refractivity contribution < 1.29 is 19.1 Å². The van der Waals surface area contributed by atoms with E-state index in [1.165, 1.54) is 17.9 Å². The van der Waals surface area contributed by atoms with Crippen molar-refractivity contribution in [1.29, 1.82) is 0 Å². The standard InChI is InChI=1S/C13H21N3O4/c1-4-5-6-7-20-9-12(17)14-11-8-10(13(18)19-3)16(2)15-11/h8H,4-7,9H2,1-3H3,(H,14,15,17). The highest BCUT2D eigenvalue weighted by molar-refractivity contribution is 5.93. The molecule has 0 aliphatic carbocycles. The molecule has 1 heterocycles. The molecule has 0 radical (unpaired) electrons. The number of carbonyl (C=O) groups excluding carboxylic acids is 2. The van der Waals surface area contributed by atoms with Gasteiger partial charge in [0, 0.05) is 19.7 Å². The van der Waals surface area contributed by atoms with E-state index in [0.717, 1.165) is 19.3 Å². The predicted molar refractivity (Wildman–Crippen MR) is 73.5 cm³/mol. The van der Waals surface area contributed by atoms with E-state index >= 15 is 0 Å². The monoisotopic (exact) mass is 283 g/mol. The Hall–Kier alpha value is -1.89. The zero-order valence-corrected chi connectivity index (χ0v) is 12.1. The summed E-state index contributed by atoms with van der Waals surface area (Å²) in [6.07, 6.45) is 3.14. The Bertz CT molecular complexity index is 456. The van der Waals surface area contributed by atoms with Crippen LogP contribution < -0.4 is 5.32 Å². The first-order valence-electron chi connectivity index (χ1n) is 6.58. The molecule has 0 unspecified atom stereocenters. The van der Waals surface area contributed by atoms with Gasteiger partial charge in [0.2, 0.25) is 0 Å².